The van der Waals surface area contributed by atoms with Gasteiger partial charge in [-0.05, 0) is 61.4 Å². The number of para-hydroxylation sites is 1. The molecule has 0 spiro atoms. The molecule has 172 valence electrons. The highest BCUT2D eigenvalue weighted by atomic mass is 35.5. The topological polar surface area (TPSA) is 69.7 Å². The van der Waals surface area contributed by atoms with Crippen molar-refractivity contribution < 1.29 is 13.2 Å². The number of nitrogens with zero attached hydrogens (tertiary/aromatic N) is 2. The van der Waals surface area contributed by atoms with Gasteiger partial charge in [-0.3, -0.25) is 9.52 Å². The molecule has 33 heavy (non-hydrogen) atoms. The number of anilines is 2. The lowest BCUT2D eigenvalue weighted by atomic mass is 10.1. The first-order valence-corrected chi connectivity index (χ1v) is 12.6. The van der Waals surface area contributed by atoms with E-state index in [1.165, 1.54) is 6.07 Å². The van der Waals surface area contributed by atoms with Crippen molar-refractivity contribution in [2.45, 2.75) is 18.7 Å². The predicted molar refractivity (Wildman–Crippen MR) is 133 cm³/mol. The van der Waals surface area contributed by atoms with Gasteiger partial charge in [-0.2, -0.15) is 0 Å². The Kier molecular flexibility index (Phi) is 6.63. The molecular formula is C25H26ClN3O3S. The molecule has 0 bridgehead atoms. The fourth-order valence-electron chi connectivity index (χ4n) is 3.93. The van der Waals surface area contributed by atoms with Crippen LogP contribution in [0, 0.1) is 13.8 Å². The Morgan fingerprint density at radius 1 is 0.879 bits per heavy atom. The lowest BCUT2D eigenvalue weighted by Gasteiger charge is -2.36. The van der Waals surface area contributed by atoms with E-state index < -0.39 is 10.0 Å². The minimum absolute atomic E-state index is 0.106. The maximum absolute atomic E-state index is 13.2. The van der Waals surface area contributed by atoms with E-state index in [4.69, 9.17) is 11.6 Å². The summed E-state index contributed by atoms with van der Waals surface area (Å²) in [5, 5.41) is 0.679. The SMILES string of the molecule is Cc1ccccc1NS(=O)(=O)c1cc(C(=O)N2CCN(c3cccc(Cl)c3)CC2)ccc1C. The fraction of sp³-hybridized carbons (Fsp3) is 0.240. The molecule has 8 heteroatoms. The van der Waals surface area contributed by atoms with Crippen molar-refractivity contribution in [2.24, 2.45) is 0 Å². The molecule has 1 fully saturated rings. The number of sulfonamides is 1. The van der Waals surface area contributed by atoms with Gasteiger partial charge in [-0.25, -0.2) is 8.42 Å². The first kappa shape index (κ1) is 23.1. The van der Waals surface area contributed by atoms with Gasteiger partial charge in [-0.1, -0.05) is 41.9 Å². The molecule has 1 aliphatic heterocycles. The normalized spacial score (nSPS) is 14.3. The van der Waals surface area contributed by atoms with Crippen LogP contribution in [0.2, 0.25) is 5.02 Å². The number of hydrogen-bond acceptors (Lipinski definition) is 4. The third-order valence-electron chi connectivity index (χ3n) is 5.85. The molecule has 1 heterocycles. The number of rotatable bonds is 5. The molecule has 6 nitrogen and oxygen atoms in total. The van der Waals surface area contributed by atoms with Gasteiger partial charge in [0.15, 0.2) is 0 Å². The van der Waals surface area contributed by atoms with Gasteiger partial charge in [0.1, 0.15) is 0 Å². The van der Waals surface area contributed by atoms with Gasteiger partial charge in [0.2, 0.25) is 0 Å². The Morgan fingerprint density at radius 2 is 1.61 bits per heavy atom. The molecule has 0 aromatic heterocycles. The van der Waals surface area contributed by atoms with Gasteiger partial charge in [0, 0.05) is 42.5 Å². The number of nitrogens with one attached hydrogen (secondary N) is 1. The van der Waals surface area contributed by atoms with Crippen LogP contribution in [0.3, 0.4) is 0 Å². The number of carbonyl (C=O) groups excluding carboxylic acids is 1. The fourth-order valence-corrected chi connectivity index (χ4v) is 5.52. The number of halogens is 1. The van der Waals surface area contributed by atoms with Crippen LogP contribution in [0.5, 0.6) is 0 Å². The van der Waals surface area contributed by atoms with Crippen LogP contribution in [0.15, 0.2) is 71.6 Å². The second-order valence-corrected chi connectivity index (χ2v) is 10.2. The zero-order valence-corrected chi connectivity index (χ0v) is 20.2. The Labute approximate surface area is 199 Å². The lowest BCUT2D eigenvalue weighted by Crippen LogP contribution is -2.48. The average Bonchev–Trinajstić information content (AvgIpc) is 2.80. The van der Waals surface area contributed by atoms with Gasteiger partial charge in [-0.15, -0.1) is 0 Å². The summed E-state index contributed by atoms with van der Waals surface area (Å²) in [6, 6.07) is 19.7. The van der Waals surface area contributed by atoms with E-state index in [9.17, 15) is 13.2 Å². The number of hydrogen-bond donors (Lipinski definition) is 1. The molecule has 3 aromatic rings. The smallest absolute Gasteiger partial charge is 0.262 e. The zero-order valence-electron chi connectivity index (χ0n) is 18.6. The molecule has 1 aliphatic rings. The Balaban J connectivity index is 1.50. The van der Waals surface area contributed by atoms with Crippen LogP contribution in [0.25, 0.3) is 0 Å². The van der Waals surface area contributed by atoms with Crippen molar-refractivity contribution in [1.82, 2.24) is 4.90 Å². The van der Waals surface area contributed by atoms with Crippen LogP contribution >= 0.6 is 11.6 Å². The average molecular weight is 484 g/mol. The van der Waals surface area contributed by atoms with Crippen LogP contribution < -0.4 is 9.62 Å². The molecule has 0 atom stereocenters. The van der Waals surface area contributed by atoms with E-state index in [0.717, 1.165) is 11.3 Å². The predicted octanol–water partition coefficient (Wildman–Crippen LogP) is 4.72. The van der Waals surface area contributed by atoms with Crippen molar-refractivity contribution in [3.05, 3.63) is 88.4 Å². The molecular weight excluding hydrogens is 458 g/mol. The number of piperazine rings is 1. The van der Waals surface area contributed by atoms with Gasteiger partial charge < -0.3 is 9.80 Å². The molecule has 0 radical (unpaired) electrons. The largest absolute Gasteiger partial charge is 0.368 e. The monoisotopic (exact) mass is 483 g/mol. The number of carbonyl (C=O) groups is 1. The van der Waals surface area contributed by atoms with Crippen LogP contribution in [0.1, 0.15) is 21.5 Å². The Morgan fingerprint density at radius 3 is 2.30 bits per heavy atom. The van der Waals surface area contributed by atoms with E-state index in [1.807, 2.05) is 43.3 Å². The van der Waals surface area contributed by atoms with Crippen molar-refractivity contribution in [2.75, 3.05) is 35.8 Å². The summed E-state index contributed by atoms with van der Waals surface area (Å²) >= 11 is 6.10. The van der Waals surface area contributed by atoms with Crippen LogP contribution in [0.4, 0.5) is 11.4 Å². The van der Waals surface area contributed by atoms with Gasteiger partial charge in [0.05, 0.1) is 10.6 Å². The Hall–Kier alpha value is -3.03. The van der Waals surface area contributed by atoms with E-state index >= 15 is 0 Å². The van der Waals surface area contributed by atoms with Crippen molar-refractivity contribution in [1.29, 1.82) is 0 Å². The van der Waals surface area contributed by atoms with E-state index in [1.54, 1.807) is 36.1 Å². The molecule has 1 saturated heterocycles. The maximum atomic E-state index is 13.2. The second kappa shape index (κ2) is 9.45. The molecule has 0 saturated carbocycles. The molecule has 4 rings (SSSR count). The summed E-state index contributed by atoms with van der Waals surface area (Å²) in [4.78, 5) is 17.2. The molecule has 0 aliphatic carbocycles. The highest BCUT2D eigenvalue weighted by molar-refractivity contribution is 7.92. The third kappa shape index (κ3) is 5.15. The van der Waals surface area contributed by atoms with Gasteiger partial charge in [0.25, 0.3) is 15.9 Å². The van der Waals surface area contributed by atoms with Crippen molar-refractivity contribution in [3.8, 4) is 0 Å². The van der Waals surface area contributed by atoms with E-state index in [-0.39, 0.29) is 10.8 Å². The first-order valence-electron chi connectivity index (χ1n) is 10.7. The zero-order chi connectivity index (χ0) is 23.6. The number of amides is 1. The molecule has 1 amide bonds. The summed E-state index contributed by atoms with van der Waals surface area (Å²) in [6.45, 7) is 6.01. The quantitative estimate of drug-likeness (QED) is 0.570. The summed E-state index contributed by atoms with van der Waals surface area (Å²) in [5.74, 6) is -0.173. The van der Waals surface area contributed by atoms with Crippen LogP contribution in [-0.2, 0) is 10.0 Å². The summed E-state index contributed by atoms with van der Waals surface area (Å²) in [5.41, 5.74) is 3.32. The molecule has 3 aromatic carbocycles. The van der Waals surface area contributed by atoms with Crippen LogP contribution in [-0.4, -0.2) is 45.4 Å². The first-order chi connectivity index (χ1) is 15.7. The van der Waals surface area contributed by atoms with E-state index in [0.29, 0.717) is 48.0 Å². The van der Waals surface area contributed by atoms with Gasteiger partial charge >= 0.3 is 0 Å². The summed E-state index contributed by atoms with van der Waals surface area (Å²) in [7, 11) is -3.84. The lowest BCUT2D eigenvalue weighted by molar-refractivity contribution is 0.0746. The molecule has 1 N–H and O–H groups in total. The summed E-state index contributed by atoms with van der Waals surface area (Å²) < 4.78 is 28.8. The highest BCUT2D eigenvalue weighted by Crippen LogP contribution is 2.25. The van der Waals surface area contributed by atoms with E-state index in [2.05, 4.69) is 9.62 Å². The summed E-state index contributed by atoms with van der Waals surface area (Å²) in [6.07, 6.45) is 0. The second-order valence-electron chi connectivity index (χ2n) is 8.16. The number of aryl methyl sites for hydroxylation is 2. The van der Waals surface area contributed by atoms with Crippen molar-refractivity contribution >= 4 is 38.9 Å². The minimum Gasteiger partial charge on any atom is -0.368 e. The third-order valence-corrected chi connectivity index (χ3v) is 7.60. The maximum Gasteiger partial charge on any atom is 0.262 e. The standard InChI is InChI=1S/C25H26ClN3O3S/c1-18-6-3-4-9-23(18)27-33(31,32)24-16-20(11-10-19(24)2)25(30)29-14-12-28(13-15-29)22-8-5-7-21(26)17-22/h3-11,16-17,27H,12-15H2,1-2H3. The highest BCUT2D eigenvalue weighted by Gasteiger charge is 2.25. The minimum atomic E-state index is -3.84. The molecule has 0 unspecified atom stereocenters. The Bertz CT molecular complexity index is 1290. The number of benzene rings is 3. The van der Waals surface area contributed by atoms with Crippen molar-refractivity contribution in [3.63, 3.8) is 0 Å².